The van der Waals surface area contributed by atoms with E-state index in [-0.39, 0.29) is 0 Å². The van der Waals surface area contributed by atoms with Gasteiger partial charge >= 0.3 is 0 Å². The van der Waals surface area contributed by atoms with Crippen molar-refractivity contribution in [2.45, 2.75) is 26.4 Å². The van der Waals surface area contributed by atoms with E-state index in [1.54, 1.807) is 19.2 Å². The summed E-state index contributed by atoms with van der Waals surface area (Å²) in [5, 5.41) is 10.6. The molecule has 3 nitrogen and oxygen atoms in total. The van der Waals surface area contributed by atoms with Crippen molar-refractivity contribution in [3.8, 4) is 0 Å². The lowest BCUT2D eigenvalue weighted by molar-refractivity contribution is 0.197. The summed E-state index contributed by atoms with van der Waals surface area (Å²) >= 11 is 11.8. The molecule has 1 aromatic carbocycles. The summed E-state index contributed by atoms with van der Waals surface area (Å²) in [7, 11) is 0. The van der Waals surface area contributed by atoms with Crippen LogP contribution in [0.3, 0.4) is 0 Å². The van der Waals surface area contributed by atoms with Gasteiger partial charge in [0.15, 0.2) is 0 Å². The molecule has 5 heteroatoms. The molecule has 100 valence electrons. The average molecular weight is 297 g/mol. The zero-order valence-corrected chi connectivity index (χ0v) is 12.2. The number of hydrogen-bond donors (Lipinski definition) is 1. The first kappa shape index (κ1) is 14.3. The standard InChI is InChI=1S/C14H14Cl2N2O/c1-8-11(9(2)19)7-17-14(18-8)6-10-3-4-12(15)13(16)5-10/h3-5,7,9,19H,6H2,1-2H3/t9-/m0/s1. The van der Waals surface area contributed by atoms with Crippen LogP contribution in [0.5, 0.6) is 0 Å². The van der Waals surface area contributed by atoms with E-state index >= 15 is 0 Å². The predicted molar refractivity (Wildman–Crippen MR) is 76.7 cm³/mol. The van der Waals surface area contributed by atoms with Crippen LogP contribution in [0.2, 0.25) is 10.0 Å². The van der Waals surface area contributed by atoms with E-state index < -0.39 is 6.10 Å². The summed E-state index contributed by atoms with van der Waals surface area (Å²) in [6.07, 6.45) is 1.69. The first-order valence-electron chi connectivity index (χ1n) is 5.92. The third kappa shape index (κ3) is 3.44. The number of nitrogens with zero attached hydrogens (tertiary/aromatic N) is 2. The molecule has 0 unspecified atom stereocenters. The Hall–Kier alpha value is -1.16. The van der Waals surface area contributed by atoms with Crippen molar-refractivity contribution in [3.63, 3.8) is 0 Å². The predicted octanol–water partition coefficient (Wildman–Crippen LogP) is 3.74. The fraction of sp³-hybridized carbons (Fsp3) is 0.286. The van der Waals surface area contributed by atoms with Crippen LogP contribution in [-0.2, 0) is 6.42 Å². The summed E-state index contributed by atoms with van der Waals surface area (Å²) in [6.45, 7) is 3.56. The van der Waals surface area contributed by atoms with Crippen LogP contribution in [0.1, 0.15) is 35.7 Å². The second-order valence-electron chi connectivity index (χ2n) is 4.43. The molecule has 0 radical (unpaired) electrons. The monoisotopic (exact) mass is 296 g/mol. The Balaban J connectivity index is 2.24. The smallest absolute Gasteiger partial charge is 0.132 e. The molecule has 1 heterocycles. The third-order valence-corrected chi connectivity index (χ3v) is 3.60. The Morgan fingerprint density at radius 2 is 2.00 bits per heavy atom. The Bertz CT molecular complexity index is 600. The van der Waals surface area contributed by atoms with E-state index in [0.717, 1.165) is 16.8 Å². The highest BCUT2D eigenvalue weighted by molar-refractivity contribution is 6.42. The molecule has 2 aromatic rings. The van der Waals surface area contributed by atoms with Gasteiger partial charge in [-0.05, 0) is 31.5 Å². The molecule has 19 heavy (non-hydrogen) atoms. The molecule has 0 aliphatic carbocycles. The van der Waals surface area contributed by atoms with Crippen LogP contribution < -0.4 is 0 Å². The van der Waals surface area contributed by atoms with Gasteiger partial charge in [-0.15, -0.1) is 0 Å². The molecular weight excluding hydrogens is 283 g/mol. The maximum atomic E-state index is 9.54. The average Bonchev–Trinajstić information content (AvgIpc) is 2.33. The normalized spacial score (nSPS) is 12.5. The molecule has 1 aromatic heterocycles. The Labute approximate surface area is 122 Å². The fourth-order valence-electron chi connectivity index (χ4n) is 1.85. The van der Waals surface area contributed by atoms with E-state index in [2.05, 4.69) is 9.97 Å². The number of rotatable bonds is 3. The van der Waals surface area contributed by atoms with Crippen molar-refractivity contribution < 1.29 is 5.11 Å². The quantitative estimate of drug-likeness (QED) is 0.938. The van der Waals surface area contributed by atoms with Crippen LogP contribution >= 0.6 is 23.2 Å². The molecule has 0 amide bonds. The topological polar surface area (TPSA) is 46.0 Å². The fourth-order valence-corrected chi connectivity index (χ4v) is 2.17. The second kappa shape index (κ2) is 5.87. The van der Waals surface area contributed by atoms with Gasteiger partial charge in [-0.1, -0.05) is 29.3 Å². The van der Waals surface area contributed by atoms with Crippen molar-refractivity contribution in [1.29, 1.82) is 0 Å². The van der Waals surface area contributed by atoms with Crippen LogP contribution in [0, 0.1) is 6.92 Å². The van der Waals surface area contributed by atoms with Crippen molar-refractivity contribution in [1.82, 2.24) is 9.97 Å². The molecule has 0 aliphatic heterocycles. The SMILES string of the molecule is Cc1nc(Cc2ccc(Cl)c(Cl)c2)ncc1[C@H](C)O. The van der Waals surface area contributed by atoms with Gasteiger partial charge < -0.3 is 5.11 Å². The molecule has 0 saturated carbocycles. The van der Waals surface area contributed by atoms with Crippen LogP contribution in [0.25, 0.3) is 0 Å². The number of hydrogen-bond acceptors (Lipinski definition) is 3. The van der Waals surface area contributed by atoms with E-state index in [9.17, 15) is 5.11 Å². The number of aliphatic hydroxyl groups excluding tert-OH is 1. The summed E-state index contributed by atoms with van der Waals surface area (Å²) in [4.78, 5) is 8.66. The zero-order valence-electron chi connectivity index (χ0n) is 10.7. The van der Waals surface area contributed by atoms with Crippen LogP contribution in [0.15, 0.2) is 24.4 Å². The van der Waals surface area contributed by atoms with Crippen molar-refractivity contribution >= 4 is 23.2 Å². The highest BCUT2D eigenvalue weighted by Gasteiger charge is 2.09. The van der Waals surface area contributed by atoms with Gasteiger partial charge in [-0.2, -0.15) is 0 Å². The number of halogens is 2. The molecule has 0 bridgehead atoms. The minimum Gasteiger partial charge on any atom is -0.389 e. The first-order chi connectivity index (χ1) is 8.97. The van der Waals surface area contributed by atoms with Gasteiger partial charge in [0.25, 0.3) is 0 Å². The van der Waals surface area contributed by atoms with Crippen molar-refractivity contribution in [3.05, 3.63) is 57.1 Å². The Kier molecular flexibility index (Phi) is 4.40. The molecule has 0 aliphatic rings. The van der Waals surface area contributed by atoms with Crippen molar-refractivity contribution in [2.75, 3.05) is 0 Å². The van der Waals surface area contributed by atoms with E-state index in [1.807, 2.05) is 19.1 Å². The molecule has 0 saturated heterocycles. The van der Waals surface area contributed by atoms with Crippen molar-refractivity contribution in [2.24, 2.45) is 0 Å². The summed E-state index contributed by atoms with van der Waals surface area (Å²) in [6, 6.07) is 5.47. The molecular formula is C14H14Cl2N2O. The van der Waals surface area contributed by atoms with Gasteiger partial charge in [0.05, 0.1) is 16.1 Å². The van der Waals surface area contributed by atoms with E-state index in [1.165, 1.54) is 0 Å². The molecule has 0 spiro atoms. The number of benzene rings is 1. The molecule has 2 rings (SSSR count). The zero-order chi connectivity index (χ0) is 14.0. The second-order valence-corrected chi connectivity index (χ2v) is 5.24. The minimum atomic E-state index is -0.556. The van der Waals surface area contributed by atoms with Gasteiger partial charge in [-0.3, -0.25) is 0 Å². The lowest BCUT2D eigenvalue weighted by atomic mass is 10.1. The van der Waals surface area contributed by atoms with Gasteiger partial charge in [0.1, 0.15) is 5.82 Å². The Morgan fingerprint density at radius 1 is 1.26 bits per heavy atom. The van der Waals surface area contributed by atoms with Gasteiger partial charge in [-0.25, -0.2) is 9.97 Å². The van der Waals surface area contributed by atoms with Gasteiger partial charge in [0.2, 0.25) is 0 Å². The number of aryl methyl sites for hydroxylation is 1. The highest BCUT2D eigenvalue weighted by atomic mass is 35.5. The third-order valence-electron chi connectivity index (χ3n) is 2.86. The highest BCUT2D eigenvalue weighted by Crippen LogP contribution is 2.23. The summed E-state index contributed by atoms with van der Waals surface area (Å²) < 4.78 is 0. The molecule has 0 fully saturated rings. The molecule has 1 N–H and O–H groups in total. The molecule has 1 atom stereocenters. The van der Waals surface area contributed by atoms with E-state index in [0.29, 0.717) is 22.3 Å². The lowest BCUT2D eigenvalue weighted by Crippen LogP contribution is -2.04. The maximum Gasteiger partial charge on any atom is 0.132 e. The van der Waals surface area contributed by atoms with Crippen LogP contribution in [-0.4, -0.2) is 15.1 Å². The summed E-state index contributed by atoms with van der Waals surface area (Å²) in [5.41, 5.74) is 2.54. The largest absolute Gasteiger partial charge is 0.389 e. The number of aromatic nitrogens is 2. The number of aliphatic hydroxyl groups is 1. The minimum absolute atomic E-state index is 0.525. The first-order valence-corrected chi connectivity index (χ1v) is 6.67. The summed E-state index contributed by atoms with van der Waals surface area (Å²) in [5.74, 6) is 0.695. The Morgan fingerprint density at radius 3 is 2.58 bits per heavy atom. The van der Waals surface area contributed by atoms with Gasteiger partial charge in [0, 0.05) is 23.9 Å². The van der Waals surface area contributed by atoms with Crippen LogP contribution in [0.4, 0.5) is 0 Å². The maximum absolute atomic E-state index is 9.54. The lowest BCUT2D eigenvalue weighted by Gasteiger charge is -2.09. The van der Waals surface area contributed by atoms with E-state index in [4.69, 9.17) is 23.2 Å².